The fourth-order valence-electron chi connectivity index (χ4n) is 2.96. The SMILES string of the molecule is CCN(c1ncc(OC)cn1)C1CCCCC1CN. The zero-order valence-electron chi connectivity index (χ0n) is 11.9. The van der Waals surface area contributed by atoms with Gasteiger partial charge in [0, 0.05) is 12.6 Å². The predicted octanol–water partition coefficient (Wildman–Crippen LogP) is 1.83. The van der Waals surface area contributed by atoms with Crippen molar-refractivity contribution in [2.45, 2.75) is 38.6 Å². The molecule has 1 aliphatic rings. The molecule has 2 N–H and O–H groups in total. The normalized spacial score (nSPS) is 23.1. The smallest absolute Gasteiger partial charge is 0.225 e. The lowest BCUT2D eigenvalue weighted by Crippen LogP contribution is -2.46. The van der Waals surface area contributed by atoms with Crippen LogP contribution in [0.4, 0.5) is 5.95 Å². The van der Waals surface area contributed by atoms with Gasteiger partial charge in [-0.1, -0.05) is 12.8 Å². The van der Waals surface area contributed by atoms with E-state index in [2.05, 4.69) is 21.8 Å². The second kappa shape index (κ2) is 6.70. The Morgan fingerprint density at radius 2 is 2.00 bits per heavy atom. The lowest BCUT2D eigenvalue weighted by molar-refractivity contribution is 0.298. The third kappa shape index (κ3) is 3.15. The van der Waals surface area contributed by atoms with Crippen LogP contribution < -0.4 is 15.4 Å². The molecule has 5 heteroatoms. The van der Waals surface area contributed by atoms with Crippen molar-refractivity contribution in [3.63, 3.8) is 0 Å². The maximum absolute atomic E-state index is 5.92. The summed E-state index contributed by atoms with van der Waals surface area (Å²) in [7, 11) is 1.63. The van der Waals surface area contributed by atoms with E-state index in [1.807, 2.05) is 0 Å². The van der Waals surface area contributed by atoms with Crippen molar-refractivity contribution in [3.8, 4) is 5.75 Å². The third-order valence-electron chi connectivity index (χ3n) is 4.02. The number of anilines is 1. The molecule has 0 amide bonds. The monoisotopic (exact) mass is 264 g/mol. The van der Waals surface area contributed by atoms with Crippen LogP contribution in [-0.2, 0) is 0 Å². The minimum Gasteiger partial charge on any atom is -0.494 e. The van der Waals surface area contributed by atoms with Gasteiger partial charge in [-0.25, -0.2) is 9.97 Å². The summed E-state index contributed by atoms with van der Waals surface area (Å²) in [5.74, 6) is 2.03. The van der Waals surface area contributed by atoms with Gasteiger partial charge in [-0.15, -0.1) is 0 Å². The van der Waals surface area contributed by atoms with Gasteiger partial charge in [0.05, 0.1) is 19.5 Å². The molecule has 2 rings (SSSR count). The largest absolute Gasteiger partial charge is 0.494 e. The van der Waals surface area contributed by atoms with Crippen molar-refractivity contribution < 1.29 is 4.74 Å². The van der Waals surface area contributed by atoms with Crippen LogP contribution in [0.3, 0.4) is 0 Å². The van der Waals surface area contributed by atoms with Crippen molar-refractivity contribution >= 4 is 5.95 Å². The first kappa shape index (κ1) is 14.1. The van der Waals surface area contributed by atoms with Gasteiger partial charge in [0.2, 0.25) is 5.95 Å². The molecule has 2 atom stereocenters. The molecular formula is C14H24N4O. The van der Waals surface area contributed by atoms with Gasteiger partial charge in [0.15, 0.2) is 5.75 Å². The highest BCUT2D eigenvalue weighted by molar-refractivity contribution is 5.33. The average molecular weight is 264 g/mol. The highest BCUT2D eigenvalue weighted by atomic mass is 16.5. The predicted molar refractivity (Wildman–Crippen MR) is 76.4 cm³/mol. The zero-order chi connectivity index (χ0) is 13.7. The van der Waals surface area contributed by atoms with Crippen molar-refractivity contribution in [3.05, 3.63) is 12.4 Å². The standard InChI is InChI=1S/C14H24N4O/c1-3-18(13-7-5-4-6-11(13)8-15)14-16-9-12(19-2)10-17-14/h9-11,13H,3-8,15H2,1-2H3. The molecule has 0 saturated heterocycles. The topological polar surface area (TPSA) is 64.3 Å². The Morgan fingerprint density at radius 3 is 2.58 bits per heavy atom. The number of aromatic nitrogens is 2. The van der Waals surface area contributed by atoms with E-state index in [4.69, 9.17) is 10.5 Å². The number of methoxy groups -OCH3 is 1. The minimum absolute atomic E-state index is 0.470. The van der Waals surface area contributed by atoms with Crippen molar-refractivity contribution in [1.82, 2.24) is 9.97 Å². The summed E-state index contributed by atoms with van der Waals surface area (Å²) < 4.78 is 5.11. The first-order valence-corrected chi connectivity index (χ1v) is 7.12. The van der Waals surface area contributed by atoms with Gasteiger partial charge in [-0.2, -0.15) is 0 Å². The lowest BCUT2D eigenvalue weighted by Gasteiger charge is -2.39. The van der Waals surface area contributed by atoms with Gasteiger partial charge < -0.3 is 15.4 Å². The highest BCUT2D eigenvalue weighted by Gasteiger charge is 2.29. The van der Waals surface area contributed by atoms with Crippen molar-refractivity contribution in [1.29, 1.82) is 0 Å². The molecule has 1 aromatic rings. The molecule has 1 aromatic heterocycles. The molecule has 0 spiro atoms. The van der Waals surface area contributed by atoms with Crippen molar-refractivity contribution in [2.75, 3.05) is 25.1 Å². The van der Waals surface area contributed by atoms with E-state index in [-0.39, 0.29) is 0 Å². The van der Waals surface area contributed by atoms with Crippen molar-refractivity contribution in [2.24, 2.45) is 11.7 Å². The summed E-state index contributed by atoms with van der Waals surface area (Å²) in [4.78, 5) is 11.1. The molecule has 1 aliphatic carbocycles. The second-order valence-electron chi connectivity index (χ2n) is 5.06. The molecular weight excluding hydrogens is 240 g/mol. The van der Waals surface area contributed by atoms with Crippen LogP contribution in [0.25, 0.3) is 0 Å². The van der Waals surface area contributed by atoms with E-state index in [0.29, 0.717) is 17.7 Å². The Balaban J connectivity index is 2.17. The number of rotatable bonds is 5. The molecule has 1 fully saturated rings. The Morgan fingerprint density at radius 1 is 1.32 bits per heavy atom. The Kier molecular flexibility index (Phi) is 4.96. The third-order valence-corrected chi connectivity index (χ3v) is 4.02. The van der Waals surface area contributed by atoms with E-state index < -0.39 is 0 Å². The maximum atomic E-state index is 5.92. The van der Waals surface area contributed by atoms with Crippen LogP contribution >= 0.6 is 0 Å². The van der Waals surface area contributed by atoms with E-state index in [1.165, 1.54) is 25.7 Å². The van der Waals surface area contributed by atoms with E-state index in [1.54, 1.807) is 19.5 Å². The fraction of sp³-hybridized carbons (Fsp3) is 0.714. The molecule has 1 heterocycles. The van der Waals surface area contributed by atoms with Gasteiger partial charge in [0.25, 0.3) is 0 Å². The zero-order valence-corrected chi connectivity index (χ0v) is 11.9. The fourth-order valence-corrected chi connectivity index (χ4v) is 2.96. The minimum atomic E-state index is 0.470. The Hall–Kier alpha value is -1.36. The molecule has 0 radical (unpaired) electrons. The van der Waals surface area contributed by atoms with Gasteiger partial charge in [0.1, 0.15) is 0 Å². The molecule has 2 unspecified atom stereocenters. The van der Waals surface area contributed by atoms with E-state index in [0.717, 1.165) is 19.0 Å². The lowest BCUT2D eigenvalue weighted by atomic mass is 9.83. The number of nitrogens with two attached hydrogens (primary N) is 1. The van der Waals surface area contributed by atoms with Gasteiger partial charge in [-0.05, 0) is 32.2 Å². The number of nitrogens with zero attached hydrogens (tertiary/aromatic N) is 3. The molecule has 0 aromatic carbocycles. The Bertz CT molecular complexity index is 382. The molecule has 19 heavy (non-hydrogen) atoms. The molecule has 0 bridgehead atoms. The van der Waals surface area contributed by atoms with Crippen LogP contribution in [0.2, 0.25) is 0 Å². The maximum Gasteiger partial charge on any atom is 0.225 e. The van der Waals surface area contributed by atoms with Crippen LogP contribution in [0.15, 0.2) is 12.4 Å². The summed E-state index contributed by atoms with van der Waals surface area (Å²) in [6, 6.07) is 0.470. The van der Waals surface area contributed by atoms with Crippen LogP contribution in [0, 0.1) is 5.92 Å². The van der Waals surface area contributed by atoms with Crippen LogP contribution in [0.1, 0.15) is 32.6 Å². The number of ether oxygens (including phenoxy) is 1. The van der Waals surface area contributed by atoms with E-state index >= 15 is 0 Å². The van der Waals surface area contributed by atoms with Gasteiger partial charge >= 0.3 is 0 Å². The quantitative estimate of drug-likeness (QED) is 0.879. The summed E-state index contributed by atoms with van der Waals surface area (Å²) in [5, 5.41) is 0. The van der Waals surface area contributed by atoms with Crippen LogP contribution in [-0.4, -0.2) is 36.2 Å². The average Bonchev–Trinajstić information content (AvgIpc) is 2.49. The number of hydrogen-bond acceptors (Lipinski definition) is 5. The molecule has 1 saturated carbocycles. The Labute approximate surface area is 115 Å². The molecule has 0 aliphatic heterocycles. The summed E-state index contributed by atoms with van der Waals surface area (Å²) >= 11 is 0. The first-order valence-electron chi connectivity index (χ1n) is 7.12. The van der Waals surface area contributed by atoms with Crippen LogP contribution in [0.5, 0.6) is 5.75 Å². The molecule has 5 nitrogen and oxygen atoms in total. The summed E-state index contributed by atoms with van der Waals surface area (Å²) in [5.41, 5.74) is 5.92. The highest BCUT2D eigenvalue weighted by Crippen LogP contribution is 2.29. The van der Waals surface area contributed by atoms with E-state index in [9.17, 15) is 0 Å². The molecule has 106 valence electrons. The van der Waals surface area contributed by atoms with Gasteiger partial charge in [-0.3, -0.25) is 0 Å². The second-order valence-corrected chi connectivity index (χ2v) is 5.06. The summed E-state index contributed by atoms with van der Waals surface area (Å²) in [6.45, 7) is 3.81. The summed E-state index contributed by atoms with van der Waals surface area (Å²) in [6.07, 6.45) is 8.42. The first-order chi connectivity index (χ1) is 9.30. The number of hydrogen-bond donors (Lipinski definition) is 1.